The summed E-state index contributed by atoms with van der Waals surface area (Å²) in [5.41, 5.74) is 2.07. The summed E-state index contributed by atoms with van der Waals surface area (Å²) in [4.78, 5) is 35.1. The van der Waals surface area contributed by atoms with Crippen molar-refractivity contribution in [3.63, 3.8) is 0 Å². The maximum atomic E-state index is 12.8. The van der Waals surface area contributed by atoms with Crippen molar-refractivity contribution in [3.8, 4) is 11.8 Å². The summed E-state index contributed by atoms with van der Waals surface area (Å²) >= 11 is 0. The normalized spacial score (nSPS) is 15.4. The van der Waals surface area contributed by atoms with Gasteiger partial charge in [-0.25, -0.2) is 9.97 Å². The van der Waals surface area contributed by atoms with Gasteiger partial charge in [0.25, 0.3) is 11.8 Å². The highest BCUT2D eigenvalue weighted by Crippen LogP contribution is 2.19. The van der Waals surface area contributed by atoms with Gasteiger partial charge in [0, 0.05) is 42.0 Å². The molecule has 0 aliphatic carbocycles. The Kier molecular flexibility index (Phi) is 5.57. The summed E-state index contributed by atoms with van der Waals surface area (Å²) in [6.45, 7) is 2.85. The number of carbonyl (C=O) groups excluding carboxylic acids is 2. The summed E-state index contributed by atoms with van der Waals surface area (Å²) in [5.74, 6) is 5.13. The van der Waals surface area contributed by atoms with E-state index in [4.69, 9.17) is 0 Å². The van der Waals surface area contributed by atoms with E-state index < -0.39 is 0 Å². The largest absolute Gasteiger partial charge is 0.350 e. The van der Waals surface area contributed by atoms with Crippen molar-refractivity contribution in [2.75, 3.05) is 23.7 Å². The van der Waals surface area contributed by atoms with Crippen LogP contribution in [-0.2, 0) is 4.79 Å². The van der Waals surface area contributed by atoms with Crippen LogP contribution in [0.3, 0.4) is 0 Å². The lowest BCUT2D eigenvalue weighted by molar-refractivity contribution is -0.111. The van der Waals surface area contributed by atoms with Crippen LogP contribution in [-0.4, -0.2) is 45.8 Å². The average molecular weight is 399 g/mol. The molecule has 2 N–H and O–H groups in total. The molecule has 0 radical (unpaired) electrons. The van der Waals surface area contributed by atoms with Crippen LogP contribution in [0.15, 0.2) is 54.7 Å². The van der Waals surface area contributed by atoms with Crippen molar-refractivity contribution in [2.24, 2.45) is 0 Å². The molecule has 1 aliphatic heterocycles. The Bertz CT molecular complexity index is 1150. The molecule has 150 valence electrons. The molecule has 2 amide bonds. The average Bonchev–Trinajstić information content (AvgIpc) is 3.22. The van der Waals surface area contributed by atoms with E-state index in [1.54, 1.807) is 37.4 Å². The molecule has 1 saturated heterocycles. The van der Waals surface area contributed by atoms with Gasteiger partial charge in [-0.15, -0.1) is 0 Å². The fraction of sp³-hybridized carbons (Fsp3) is 0.217. The number of aromatic nitrogens is 2. The monoisotopic (exact) mass is 399 g/mol. The number of nitrogens with zero attached hydrogens (tertiary/aromatic N) is 3. The van der Waals surface area contributed by atoms with Crippen LogP contribution in [0.2, 0.25) is 0 Å². The topological polar surface area (TPSA) is 87.2 Å². The molecule has 1 fully saturated rings. The number of hydrogen-bond donors (Lipinski definition) is 2. The lowest BCUT2D eigenvalue weighted by Gasteiger charge is -2.17. The number of rotatable bonds is 4. The molecule has 7 heteroatoms. The predicted octanol–water partition coefficient (Wildman–Crippen LogP) is 2.92. The highest BCUT2D eigenvalue weighted by molar-refractivity contribution is 6.04. The van der Waals surface area contributed by atoms with Crippen LogP contribution in [0.1, 0.15) is 23.7 Å². The van der Waals surface area contributed by atoms with Crippen molar-refractivity contribution >= 4 is 34.4 Å². The van der Waals surface area contributed by atoms with Crippen LogP contribution in [0.25, 0.3) is 10.9 Å². The standard InChI is InChI=1S/C23H21N5O2/c1-2-5-21(29)25-18-10-8-16(9-11-18)22(30)28-13-12-19(15-28)26-23-24-14-17-6-3-4-7-20(17)27-23/h3-4,6-11,14,19H,12-13,15H2,1H3,(H,25,29)(H,24,26,27). The SMILES string of the molecule is CC#CC(=O)Nc1ccc(C(=O)N2CCC(Nc3ncc4ccccc4n3)C2)cc1. The first-order valence-electron chi connectivity index (χ1n) is 9.74. The molecule has 1 aromatic heterocycles. The van der Waals surface area contributed by atoms with Gasteiger partial charge in [0.15, 0.2) is 0 Å². The Morgan fingerprint density at radius 3 is 2.73 bits per heavy atom. The number of likely N-dealkylation sites (tertiary alicyclic amines) is 1. The predicted molar refractivity (Wildman–Crippen MR) is 116 cm³/mol. The van der Waals surface area contributed by atoms with E-state index in [1.807, 2.05) is 29.2 Å². The highest BCUT2D eigenvalue weighted by atomic mass is 16.2. The molecule has 0 saturated carbocycles. The smallest absolute Gasteiger partial charge is 0.300 e. The minimum absolute atomic E-state index is 0.0371. The Balaban J connectivity index is 1.36. The van der Waals surface area contributed by atoms with E-state index in [1.165, 1.54) is 0 Å². The molecule has 7 nitrogen and oxygen atoms in total. The van der Waals surface area contributed by atoms with Gasteiger partial charge < -0.3 is 15.5 Å². The van der Waals surface area contributed by atoms with Gasteiger partial charge in [0.05, 0.1) is 5.52 Å². The van der Waals surface area contributed by atoms with Crippen LogP contribution in [0.5, 0.6) is 0 Å². The fourth-order valence-corrected chi connectivity index (χ4v) is 3.44. The molecule has 0 bridgehead atoms. The number of hydrogen-bond acceptors (Lipinski definition) is 5. The maximum Gasteiger partial charge on any atom is 0.300 e. The second-order valence-corrected chi connectivity index (χ2v) is 7.04. The molecule has 30 heavy (non-hydrogen) atoms. The summed E-state index contributed by atoms with van der Waals surface area (Å²) in [6, 6.07) is 14.8. The van der Waals surface area contributed by atoms with E-state index in [-0.39, 0.29) is 17.9 Å². The van der Waals surface area contributed by atoms with Gasteiger partial charge in [-0.1, -0.05) is 24.1 Å². The van der Waals surface area contributed by atoms with Crippen molar-refractivity contribution in [1.82, 2.24) is 14.9 Å². The Morgan fingerprint density at radius 1 is 1.13 bits per heavy atom. The Morgan fingerprint density at radius 2 is 1.93 bits per heavy atom. The zero-order chi connectivity index (χ0) is 20.9. The van der Waals surface area contributed by atoms with E-state index in [2.05, 4.69) is 32.4 Å². The number of benzene rings is 2. The first-order valence-corrected chi connectivity index (χ1v) is 9.74. The molecular weight excluding hydrogens is 378 g/mol. The maximum absolute atomic E-state index is 12.8. The molecular formula is C23H21N5O2. The molecule has 2 aromatic carbocycles. The lowest BCUT2D eigenvalue weighted by atomic mass is 10.2. The van der Waals surface area contributed by atoms with Gasteiger partial charge >= 0.3 is 0 Å². The molecule has 1 aliphatic rings. The van der Waals surface area contributed by atoms with E-state index in [0.717, 1.165) is 17.3 Å². The number of nitrogens with one attached hydrogen (secondary N) is 2. The molecule has 3 aromatic rings. The lowest BCUT2D eigenvalue weighted by Crippen LogP contribution is -2.31. The summed E-state index contributed by atoms with van der Waals surface area (Å²) < 4.78 is 0. The first-order chi connectivity index (χ1) is 14.6. The Hall–Kier alpha value is -3.92. The van der Waals surface area contributed by atoms with Crippen molar-refractivity contribution in [2.45, 2.75) is 19.4 Å². The van der Waals surface area contributed by atoms with E-state index >= 15 is 0 Å². The third kappa shape index (κ3) is 4.39. The summed E-state index contributed by atoms with van der Waals surface area (Å²) in [7, 11) is 0. The first kappa shape index (κ1) is 19.4. The van der Waals surface area contributed by atoms with Crippen LogP contribution >= 0.6 is 0 Å². The van der Waals surface area contributed by atoms with E-state index in [0.29, 0.717) is 30.3 Å². The van der Waals surface area contributed by atoms with Crippen molar-refractivity contribution in [3.05, 3.63) is 60.3 Å². The van der Waals surface area contributed by atoms with Crippen LogP contribution < -0.4 is 10.6 Å². The van der Waals surface area contributed by atoms with Gasteiger partial charge in [-0.05, 0) is 49.6 Å². The summed E-state index contributed by atoms with van der Waals surface area (Å²) in [5, 5.41) is 6.99. The Labute approximate surface area is 174 Å². The zero-order valence-corrected chi connectivity index (χ0v) is 16.6. The summed E-state index contributed by atoms with van der Waals surface area (Å²) in [6.07, 6.45) is 2.63. The third-order valence-corrected chi connectivity index (χ3v) is 4.93. The van der Waals surface area contributed by atoms with Gasteiger partial charge in [0.1, 0.15) is 0 Å². The number of para-hydroxylation sites is 1. The van der Waals surface area contributed by atoms with Gasteiger partial charge in [-0.3, -0.25) is 9.59 Å². The zero-order valence-electron chi connectivity index (χ0n) is 16.6. The molecule has 1 unspecified atom stereocenters. The molecule has 1 atom stereocenters. The van der Waals surface area contributed by atoms with Gasteiger partial charge in [0.2, 0.25) is 5.95 Å². The number of fused-ring (bicyclic) bond motifs is 1. The van der Waals surface area contributed by atoms with Crippen molar-refractivity contribution < 1.29 is 9.59 Å². The quantitative estimate of drug-likeness (QED) is 0.659. The second-order valence-electron chi connectivity index (χ2n) is 7.04. The van der Waals surface area contributed by atoms with Crippen LogP contribution in [0.4, 0.5) is 11.6 Å². The highest BCUT2D eigenvalue weighted by Gasteiger charge is 2.27. The molecule has 0 spiro atoms. The number of amides is 2. The number of anilines is 2. The van der Waals surface area contributed by atoms with Crippen molar-refractivity contribution in [1.29, 1.82) is 0 Å². The molecule has 4 rings (SSSR count). The minimum atomic E-state index is -0.374. The van der Waals surface area contributed by atoms with Gasteiger partial charge in [-0.2, -0.15) is 0 Å². The number of carbonyl (C=O) groups is 2. The minimum Gasteiger partial charge on any atom is -0.350 e. The van der Waals surface area contributed by atoms with Crippen LogP contribution in [0, 0.1) is 11.8 Å². The second kappa shape index (κ2) is 8.62. The third-order valence-electron chi connectivity index (χ3n) is 4.93. The fourth-order valence-electron chi connectivity index (χ4n) is 3.44. The molecule has 2 heterocycles. The van der Waals surface area contributed by atoms with E-state index in [9.17, 15) is 9.59 Å².